The van der Waals surface area contributed by atoms with Crippen LogP contribution < -0.4 is 43.4 Å². The van der Waals surface area contributed by atoms with Crippen molar-refractivity contribution in [2.45, 2.75) is 180 Å². The Labute approximate surface area is 881 Å². The van der Waals surface area contributed by atoms with Crippen LogP contribution in [0.5, 0.6) is 0 Å². The van der Waals surface area contributed by atoms with Gasteiger partial charge in [-0.3, -0.25) is 118 Å². The van der Waals surface area contributed by atoms with Gasteiger partial charge in [-0.25, -0.2) is 23.3 Å². The lowest BCUT2D eigenvalue weighted by atomic mass is 10.0. The highest BCUT2D eigenvalue weighted by Gasteiger charge is 2.49. The minimum absolute atomic E-state index is 0. The lowest BCUT2D eigenvalue weighted by molar-refractivity contribution is -0.137. The van der Waals surface area contributed by atoms with Gasteiger partial charge in [0, 0.05) is 75.6 Å². The van der Waals surface area contributed by atoms with E-state index < -0.39 is 142 Å². The summed E-state index contributed by atoms with van der Waals surface area (Å²) in [5, 5.41) is 33.7. The molecule has 4 fully saturated rings. The Morgan fingerprint density at radius 2 is 0.762 bits per heavy atom. The van der Waals surface area contributed by atoms with E-state index in [0.29, 0.717) is 187 Å². The number of aromatic nitrogens is 6. The van der Waals surface area contributed by atoms with Crippen molar-refractivity contribution in [3.05, 3.63) is 174 Å². The normalized spacial score (nSPS) is 16.8. The summed E-state index contributed by atoms with van der Waals surface area (Å²) in [6.45, 7) is 18.9. The summed E-state index contributed by atoms with van der Waals surface area (Å²) in [5.74, 6) is -4.50. The fraction of sp³-hybridized carbons (Fsp3) is 0.474. The van der Waals surface area contributed by atoms with Crippen LogP contribution in [-0.2, 0) is 121 Å². The summed E-state index contributed by atoms with van der Waals surface area (Å²) in [7, 11) is 0. The molecule has 47 nitrogen and oxygen atoms in total. The zero-order chi connectivity index (χ0) is 108. The quantitative estimate of drug-likeness (QED) is 0.00473. The standard InChI is InChI=1S/C28H36N6O8.C23H28N6O6.C17H14N2O4.C13H9FN2O4.C11H22N4O4.C3H5N.ClH.FI.HI/c1-28(2,3)42-27(39)29-10-12-40-14-15-41-13-11-33-17-19(31-32-33)6-4-18-5-7-20-21(16-18)26(38)34(25(20)37)22-8-9-23(35)30-24(22)36;24-7-9-34-11-12-35-10-8-28-14-16(26-27-28)3-1-15-2-4-17-18(13-15)23(33)29(22(17)32)19-5-6-20(30)25-21(19)31;1-2-3-4-10-5-6-11-12(9-10)17(23)19(16(11)22)13-7-8-14(20)18-15(13)21;14-6-1-2-7-8(5-6)13(20)16(12(7)19)9-3-4-10(17)15-11(9)18;1-11(2,3)19-10(16)13-4-6-17-8-9-18-7-5-14-15-12;1-2-3-4;;1-2;/h5,7,16-17,22H,4,6,8-15H2,1-3H3,(H,29,39)(H,30,35,36);2,4,13-14,19H,1,3,5-12,24H2,(H,25,30,31);1,5-6,9,13H,3-4,7-8H2,(H,18,20,21);1-2,5,9H,3-4H2,(H,15,17,18);4-9H2,1-3H3,(H,13,16);1H,3-4H2;1H;;1H/i/hD. The first-order valence-corrected chi connectivity index (χ1v) is 46.8. The van der Waals surface area contributed by atoms with Crippen LogP contribution >= 0.6 is 59.3 Å². The van der Waals surface area contributed by atoms with Crippen LogP contribution in [0.4, 0.5) is 16.8 Å². The van der Waals surface area contributed by atoms with Gasteiger partial charge in [0.05, 0.1) is 155 Å². The van der Waals surface area contributed by atoms with Crippen molar-refractivity contribution in [3.63, 3.8) is 0 Å². The Morgan fingerprint density at radius 1 is 0.463 bits per heavy atom. The van der Waals surface area contributed by atoms with Crippen LogP contribution in [0, 0.1) is 30.5 Å². The Kier molecular flexibility index (Phi) is 50.2. The molecule has 52 heteroatoms. The fourth-order valence-electron chi connectivity index (χ4n) is 14.9. The summed E-state index contributed by atoms with van der Waals surface area (Å²) < 4.78 is 74.0. The molecule has 4 atom stereocenters. The summed E-state index contributed by atoms with van der Waals surface area (Å²) in [6, 6.07) is 14.5. The number of nitrogens with one attached hydrogen (secondary N) is 6. The van der Waals surface area contributed by atoms with Gasteiger partial charge in [0.25, 0.3) is 47.3 Å². The molecule has 0 radical (unpaired) electrons. The molecular weight excluding hydrogens is 2180 g/mol. The molecule has 0 spiro atoms. The number of carbonyl (C=O) groups is 18. The first-order chi connectivity index (χ1) is 70.4. The number of piperidine rings is 4. The van der Waals surface area contributed by atoms with Gasteiger partial charge in [0.2, 0.25) is 47.3 Å². The van der Waals surface area contributed by atoms with E-state index in [2.05, 4.69) is 80.8 Å². The molecule has 6 aromatic rings. The van der Waals surface area contributed by atoms with Crippen molar-refractivity contribution in [1.82, 2.24) is 81.5 Å². The number of ether oxygens (including phenoxy) is 8. The maximum atomic E-state index is 13.2. The van der Waals surface area contributed by atoms with E-state index in [1.165, 1.54) is 29.8 Å². The van der Waals surface area contributed by atoms with Crippen LogP contribution in [0.2, 0.25) is 0 Å². The number of rotatable bonds is 38. The average molecular weight is 2300 g/mol. The van der Waals surface area contributed by atoms with Gasteiger partial charge < -0.3 is 60.0 Å². The first-order valence-electron chi connectivity index (χ1n) is 46.4. The van der Waals surface area contributed by atoms with Gasteiger partial charge in [0.1, 0.15) is 41.8 Å². The molecule has 147 heavy (non-hydrogen) atoms. The number of hydrogen-bond donors (Lipinski definition) is 8. The molecule has 14 rings (SSSR count). The fourth-order valence-corrected chi connectivity index (χ4v) is 14.9. The summed E-state index contributed by atoms with van der Waals surface area (Å²) in [6.07, 6.45) is 16.9. The molecule has 4 unspecified atom stereocenters. The maximum absolute atomic E-state index is 13.2. The number of fused-ring (bicyclic) bond motifs is 4. The minimum Gasteiger partial charge on any atom is -0.444 e. The Balaban J connectivity index is 0.000000286. The van der Waals surface area contributed by atoms with E-state index in [9.17, 15) is 93.6 Å². The number of halogens is 5. The molecule has 2 aromatic heterocycles. The van der Waals surface area contributed by atoms with Crippen molar-refractivity contribution in [2.24, 2.45) is 16.6 Å². The van der Waals surface area contributed by atoms with E-state index in [1.54, 1.807) is 106 Å². The zero-order valence-electron chi connectivity index (χ0n) is 82.4. The summed E-state index contributed by atoms with van der Waals surface area (Å²) in [4.78, 5) is 223. The number of terminal acetylenes is 2. The van der Waals surface area contributed by atoms with Gasteiger partial charge in [-0.15, -0.1) is 65.2 Å². The number of benzene rings is 4. The molecule has 0 aliphatic carbocycles. The minimum atomic E-state index is -1.02. The smallest absolute Gasteiger partial charge is 0.407 e. The van der Waals surface area contributed by atoms with Crippen LogP contribution in [0.15, 0.2) is 90.3 Å². The van der Waals surface area contributed by atoms with Crippen molar-refractivity contribution < 1.29 is 131 Å². The third kappa shape index (κ3) is 37.2. The number of aryl methyl sites for hydroxylation is 5. The predicted molar refractivity (Wildman–Crippen MR) is 537 cm³/mol. The van der Waals surface area contributed by atoms with Crippen LogP contribution in [-0.4, -0.2) is 304 Å². The molecule has 8 aliphatic heterocycles. The van der Waals surface area contributed by atoms with E-state index in [0.717, 1.165) is 59.8 Å². The second-order valence-electron chi connectivity index (χ2n) is 34.5. The van der Waals surface area contributed by atoms with E-state index >= 15 is 0 Å². The van der Waals surface area contributed by atoms with Gasteiger partial charge >= 0.3 is 12.2 Å². The van der Waals surface area contributed by atoms with Crippen LogP contribution in [0.3, 0.4) is 0 Å². The topological polar surface area (TPSA) is 628 Å². The summed E-state index contributed by atoms with van der Waals surface area (Å²) in [5.41, 5.74) is 22.9. The Bertz CT molecular complexity index is 5890. The molecular formula is C95H116ClF2I2N21O26. The molecule has 4 aromatic carbocycles. The second kappa shape index (κ2) is 61.2. The third-order valence-electron chi connectivity index (χ3n) is 21.6. The molecule has 792 valence electrons. The Morgan fingerprint density at radius 3 is 1.07 bits per heavy atom. The highest BCUT2D eigenvalue weighted by Crippen LogP contribution is 2.34. The SMILES string of the molecule is C#CCCc1ccc2c(c1)C(=O)N(C1CCC(=O)NC1=O)C2=O.C#CCN.CC(C)(C)OC(=O)NCCOCCOCCN=[N+]=[N-].CC(C)(C)OC(=O)NCCOCCOCCn1cc(CCc2ccc3c(c2)C(=O)N(C2CCC(=O)NC2=O)C3=O)nn1.Cl.FI.NCCOCCOCCn1cc(CCc2ccc3c(c2)C(=O)N(C2CCC(=O)NC2=O)C3=O)nn1.O=C1CCC(N2C(=O)c3ccc(F)cc3C2=O)C(=O)N1.[2H]I. The predicted octanol–water partition coefficient (Wildman–Crippen LogP) is 5.14. The van der Waals surface area contributed by atoms with Crippen LogP contribution in [0.1, 0.15) is 210 Å². The third-order valence-corrected chi connectivity index (χ3v) is 21.6. The lowest BCUT2D eigenvalue weighted by Crippen LogP contribution is -2.54. The second-order valence-corrected chi connectivity index (χ2v) is 34.5. The number of imide groups is 8. The Hall–Kier alpha value is -13.5. The number of nitrogens with zero attached hydrogens (tertiary/aromatic N) is 13. The van der Waals surface area contributed by atoms with Gasteiger partial charge in [-0.2, -0.15) is 2.86 Å². The number of nitrogens with two attached hydrogens (primary N) is 2. The number of hydrogen-bond acceptors (Lipinski definition) is 33. The summed E-state index contributed by atoms with van der Waals surface area (Å²) >= 11 is 2.05. The molecule has 0 saturated carbocycles. The van der Waals surface area contributed by atoms with Crippen molar-refractivity contribution in [1.29, 1.82) is 0.594 Å². The van der Waals surface area contributed by atoms with Gasteiger partial charge in [0.15, 0.2) is 23.2 Å². The van der Waals surface area contributed by atoms with E-state index in [-0.39, 0.29) is 114 Å². The van der Waals surface area contributed by atoms with Crippen molar-refractivity contribution >= 4 is 166 Å². The number of alkyl carbamates (subject to hydrolysis) is 2. The molecule has 10 heterocycles. The highest BCUT2D eigenvalue weighted by molar-refractivity contribution is 14.1. The van der Waals surface area contributed by atoms with E-state index in [1.807, 2.05) is 12.4 Å². The average Bonchev–Trinajstić information content (AvgIpc) is 1.60. The lowest BCUT2D eigenvalue weighted by Gasteiger charge is -2.27. The zero-order valence-corrected chi connectivity index (χ0v) is 86.5. The molecule has 4 saturated heterocycles. The van der Waals surface area contributed by atoms with Crippen molar-refractivity contribution in [3.8, 4) is 24.7 Å². The monoisotopic (exact) mass is 2290 g/mol. The van der Waals surface area contributed by atoms with Gasteiger partial charge in [-0.05, 0) is 176 Å². The highest BCUT2D eigenvalue weighted by atomic mass is 127. The van der Waals surface area contributed by atoms with Crippen molar-refractivity contribution in [2.75, 3.05) is 112 Å². The first kappa shape index (κ1) is 120. The number of azide groups is 1. The molecule has 10 N–H and O–H groups in total. The molecule has 8 aliphatic rings. The number of amides is 18. The maximum Gasteiger partial charge on any atom is 0.407 e. The molecule has 0 bridgehead atoms. The largest absolute Gasteiger partial charge is 0.444 e. The van der Waals surface area contributed by atoms with Gasteiger partial charge in [-0.1, -0.05) is 39.7 Å². The van der Waals surface area contributed by atoms with E-state index in [4.69, 9.17) is 61.9 Å². The number of carbonyl (C=O) groups excluding carboxylic acids is 18. The van der Waals surface area contributed by atoms with Crippen LogP contribution in [0.25, 0.3) is 10.4 Å². The molecule has 18 amide bonds.